The van der Waals surface area contributed by atoms with Gasteiger partial charge in [0.25, 0.3) is 0 Å². The third-order valence-corrected chi connectivity index (χ3v) is 1.86. The molecule has 3 nitrogen and oxygen atoms in total. The molecule has 0 heterocycles. The van der Waals surface area contributed by atoms with Gasteiger partial charge in [0.2, 0.25) is 5.24 Å². The van der Waals surface area contributed by atoms with E-state index in [0.717, 1.165) is 0 Å². The Balaban J connectivity index is 4.12. The highest BCUT2D eigenvalue weighted by atomic mass is 35.5. The highest BCUT2D eigenvalue weighted by molar-refractivity contribution is 6.64. The maximum Gasteiger partial charge on any atom is 0.306 e. The van der Waals surface area contributed by atoms with Crippen molar-refractivity contribution in [2.75, 3.05) is 7.11 Å². The molecule has 0 fully saturated rings. The van der Waals surface area contributed by atoms with Crippen LogP contribution in [-0.4, -0.2) is 18.3 Å². The fourth-order valence-electron chi connectivity index (χ4n) is 0.503. The Bertz CT molecular complexity index is 175. The zero-order valence-corrected chi connectivity index (χ0v) is 7.57. The number of esters is 1. The van der Waals surface area contributed by atoms with Gasteiger partial charge in [-0.05, 0) is 11.6 Å². The van der Waals surface area contributed by atoms with Crippen LogP contribution in [0.5, 0.6) is 0 Å². The Kier molecular flexibility index (Phi) is 3.52. The maximum atomic E-state index is 10.7. The summed E-state index contributed by atoms with van der Waals surface area (Å²) in [6, 6.07) is 0. The first-order valence-corrected chi connectivity index (χ1v) is 3.54. The molecule has 0 saturated heterocycles. The van der Waals surface area contributed by atoms with Gasteiger partial charge in [0.05, 0.1) is 13.5 Å². The predicted molar refractivity (Wildman–Crippen MR) is 41.3 cm³/mol. The van der Waals surface area contributed by atoms with Gasteiger partial charge in [-0.1, -0.05) is 13.8 Å². The Morgan fingerprint density at radius 1 is 1.45 bits per heavy atom. The van der Waals surface area contributed by atoms with Gasteiger partial charge in [-0.2, -0.15) is 0 Å². The van der Waals surface area contributed by atoms with Crippen molar-refractivity contribution in [3.05, 3.63) is 0 Å². The smallest absolute Gasteiger partial charge is 0.306 e. The molecule has 64 valence electrons. The van der Waals surface area contributed by atoms with Crippen LogP contribution in [0.4, 0.5) is 0 Å². The SMILES string of the molecule is COC(=O)CC(C)(C)C(=O)Cl. The molecule has 0 amide bonds. The Morgan fingerprint density at radius 3 is 2.18 bits per heavy atom. The van der Waals surface area contributed by atoms with Crippen LogP contribution < -0.4 is 0 Å². The normalized spacial score (nSPS) is 10.9. The average molecular weight is 179 g/mol. The van der Waals surface area contributed by atoms with Crippen LogP contribution in [0.25, 0.3) is 0 Å². The van der Waals surface area contributed by atoms with Gasteiger partial charge in [0, 0.05) is 5.41 Å². The molecule has 0 aromatic heterocycles. The number of methoxy groups -OCH3 is 1. The van der Waals surface area contributed by atoms with E-state index in [1.54, 1.807) is 13.8 Å². The van der Waals surface area contributed by atoms with Crippen molar-refractivity contribution in [2.45, 2.75) is 20.3 Å². The van der Waals surface area contributed by atoms with Crippen molar-refractivity contribution in [3.8, 4) is 0 Å². The van der Waals surface area contributed by atoms with Crippen LogP contribution in [0.15, 0.2) is 0 Å². The minimum atomic E-state index is -0.825. The molecular weight excluding hydrogens is 168 g/mol. The number of hydrogen-bond acceptors (Lipinski definition) is 3. The molecule has 4 heteroatoms. The van der Waals surface area contributed by atoms with Crippen LogP contribution in [0, 0.1) is 5.41 Å². The molecule has 0 aliphatic heterocycles. The van der Waals surface area contributed by atoms with Gasteiger partial charge in [0.15, 0.2) is 0 Å². The zero-order chi connectivity index (χ0) is 9.07. The first-order chi connectivity index (χ1) is 4.90. The molecule has 0 aromatic carbocycles. The largest absolute Gasteiger partial charge is 0.469 e. The van der Waals surface area contributed by atoms with E-state index < -0.39 is 16.6 Å². The summed E-state index contributed by atoms with van der Waals surface area (Å²) in [5.41, 5.74) is -0.825. The van der Waals surface area contributed by atoms with E-state index in [1.165, 1.54) is 7.11 Å². The summed E-state index contributed by atoms with van der Waals surface area (Å²) in [6.07, 6.45) is 0.0197. The summed E-state index contributed by atoms with van der Waals surface area (Å²) in [5, 5.41) is -0.525. The summed E-state index contributed by atoms with van der Waals surface area (Å²) < 4.78 is 4.39. The molecule has 11 heavy (non-hydrogen) atoms. The maximum absolute atomic E-state index is 10.7. The molecule has 0 saturated carbocycles. The van der Waals surface area contributed by atoms with Crippen molar-refractivity contribution in [3.63, 3.8) is 0 Å². The Hall–Kier alpha value is -0.570. The van der Waals surface area contributed by atoms with E-state index in [2.05, 4.69) is 4.74 Å². The van der Waals surface area contributed by atoms with E-state index in [0.29, 0.717) is 0 Å². The second kappa shape index (κ2) is 3.72. The van der Waals surface area contributed by atoms with E-state index in [9.17, 15) is 9.59 Å². The van der Waals surface area contributed by atoms with Crippen LogP contribution >= 0.6 is 11.6 Å². The molecule has 0 N–H and O–H groups in total. The molecule has 0 aromatic rings. The molecule has 0 aliphatic carbocycles. The third kappa shape index (κ3) is 3.37. The van der Waals surface area contributed by atoms with Gasteiger partial charge in [-0.3, -0.25) is 9.59 Å². The van der Waals surface area contributed by atoms with Crippen LogP contribution in [-0.2, 0) is 14.3 Å². The van der Waals surface area contributed by atoms with Crippen molar-refractivity contribution < 1.29 is 14.3 Å². The lowest BCUT2D eigenvalue weighted by Gasteiger charge is -2.16. The molecule has 0 radical (unpaired) electrons. The second-order valence-electron chi connectivity index (χ2n) is 2.91. The molecule has 0 atom stereocenters. The number of halogens is 1. The zero-order valence-electron chi connectivity index (χ0n) is 6.81. The van der Waals surface area contributed by atoms with E-state index >= 15 is 0 Å². The number of rotatable bonds is 3. The Morgan fingerprint density at radius 2 is 1.91 bits per heavy atom. The third-order valence-electron chi connectivity index (χ3n) is 1.35. The number of ether oxygens (including phenoxy) is 1. The molecule has 0 unspecified atom stereocenters. The topological polar surface area (TPSA) is 43.4 Å². The first-order valence-electron chi connectivity index (χ1n) is 3.17. The lowest BCUT2D eigenvalue weighted by atomic mass is 9.91. The van der Waals surface area contributed by atoms with Crippen molar-refractivity contribution in [2.24, 2.45) is 5.41 Å². The minimum Gasteiger partial charge on any atom is -0.469 e. The summed E-state index contributed by atoms with van der Waals surface area (Å²) in [7, 11) is 1.27. The lowest BCUT2D eigenvalue weighted by molar-refractivity contribution is -0.144. The number of hydrogen-bond donors (Lipinski definition) is 0. The molecular formula is C7H11ClO3. The summed E-state index contributed by atoms with van der Waals surface area (Å²) in [5.74, 6) is -0.427. The fraction of sp³-hybridized carbons (Fsp3) is 0.714. The molecule has 0 rings (SSSR count). The highest BCUT2D eigenvalue weighted by Gasteiger charge is 2.29. The van der Waals surface area contributed by atoms with Crippen LogP contribution in [0.1, 0.15) is 20.3 Å². The quantitative estimate of drug-likeness (QED) is 0.484. The van der Waals surface area contributed by atoms with Crippen LogP contribution in [0.3, 0.4) is 0 Å². The van der Waals surface area contributed by atoms with Gasteiger partial charge in [-0.25, -0.2) is 0 Å². The van der Waals surface area contributed by atoms with Crippen LogP contribution in [0.2, 0.25) is 0 Å². The predicted octanol–water partition coefficient (Wildman–Crippen LogP) is 1.34. The van der Waals surface area contributed by atoms with E-state index in [1.807, 2.05) is 0 Å². The molecule has 0 spiro atoms. The van der Waals surface area contributed by atoms with Crippen molar-refractivity contribution in [1.82, 2.24) is 0 Å². The summed E-state index contributed by atoms with van der Waals surface area (Å²) >= 11 is 5.22. The number of carbonyl (C=O) groups is 2. The second-order valence-corrected chi connectivity index (χ2v) is 3.25. The van der Waals surface area contributed by atoms with Gasteiger partial charge in [0.1, 0.15) is 0 Å². The Labute approximate surface area is 70.7 Å². The highest BCUT2D eigenvalue weighted by Crippen LogP contribution is 2.23. The average Bonchev–Trinajstić information content (AvgIpc) is 1.86. The molecule has 0 bridgehead atoms. The van der Waals surface area contributed by atoms with Gasteiger partial charge < -0.3 is 4.74 Å². The molecule has 0 aliphatic rings. The summed E-state index contributed by atoms with van der Waals surface area (Å²) in [4.78, 5) is 21.4. The minimum absolute atomic E-state index is 0.0197. The monoisotopic (exact) mass is 178 g/mol. The standard InChI is InChI=1S/C7H11ClO3/c1-7(2,6(8)10)4-5(9)11-3/h4H2,1-3H3. The lowest BCUT2D eigenvalue weighted by Crippen LogP contribution is -2.24. The van der Waals surface area contributed by atoms with Gasteiger partial charge >= 0.3 is 5.97 Å². The van der Waals surface area contributed by atoms with E-state index in [-0.39, 0.29) is 6.42 Å². The first kappa shape index (κ1) is 10.4. The fourth-order valence-corrected chi connectivity index (χ4v) is 0.569. The van der Waals surface area contributed by atoms with Gasteiger partial charge in [-0.15, -0.1) is 0 Å². The van der Waals surface area contributed by atoms with Crippen molar-refractivity contribution >= 4 is 22.8 Å². The van der Waals surface area contributed by atoms with E-state index in [4.69, 9.17) is 11.6 Å². The van der Waals surface area contributed by atoms with Crippen molar-refractivity contribution in [1.29, 1.82) is 0 Å². The summed E-state index contributed by atoms with van der Waals surface area (Å²) in [6.45, 7) is 3.19. The number of carbonyl (C=O) groups excluding carboxylic acids is 2.